The Morgan fingerprint density at radius 2 is 1.92 bits per heavy atom. The molecule has 3 aromatic rings. The van der Waals surface area contributed by atoms with Crippen LogP contribution in [0.2, 0.25) is 0 Å². The lowest BCUT2D eigenvalue weighted by Gasteiger charge is -2.21. The van der Waals surface area contributed by atoms with Crippen LogP contribution in [-0.4, -0.2) is 42.4 Å². The average molecular weight is 337 g/mol. The van der Waals surface area contributed by atoms with E-state index in [1.165, 1.54) is 0 Å². The molecule has 0 N–H and O–H groups in total. The van der Waals surface area contributed by atoms with Crippen LogP contribution in [0.5, 0.6) is 0 Å². The summed E-state index contributed by atoms with van der Waals surface area (Å²) in [6.07, 6.45) is 6.50. The number of hydrogen-bond donors (Lipinski definition) is 0. The van der Waals surface area contributed by atoms with Gasteiger partial charge < -0.3 is 4.90 Å². The van der Waals surface area contributed by atoms with Crippen LogP contribution in [0.4, 0.5) is 5.82 Å². The number of rotatable bonds is 2. The summed E-state index contributed by atoms with van der Waals surface area (Å²) in [6, 6.07) is 3.77. The zero-order chi connectivity index (χ0) is 17.4. The molecule has 4 rings (SSSR count). The van der Waals surface area contributed by atoms with Gasteiger partial charge in [0, 0.05) is 50.6 Å². The Bertz CT molecular complexity index is 962. The minimum atomic E-state index is 0.0595. The molecule has 0 aliphatic carbocycles. The SMILES string of the molecule is Cc1nc2c(c(=O)n1C)CCN(c1cc(-n3cccn3)ncn1)CC2. The first-order chi connectivity index (χ1) is 12.1. The molecule has 0 spiro atoms. The summed E-state index contributed by atoms with van der Waals surface area (Å²) in [7, 11) is 1.77. The number of anilines is 1. The molecule has 25 heavy (non-hydrogen) atoms. The maximum absolute atomic E-state index is 12.5. The molecule has 0 saturated heterocycles. The van der Waals surface area contributed by atoms with Crippen LogP contribution in [0.1, 0.15) is 17.1 Å². The van der Waals surface area contributed by atoms with E-state index in [2.05, 4.69) is 25.0 Å². The normalized spacial score (nSPS) is 14.2. The number of hydrogen-bond acceptors (Lipinski definition) is 6. The predicted molar refractivity (Wildman–Crippen MR) is 93.0 cm³/mol. The first-order valence-electron chi connectivity index (χ1n) is 8.26. The largest absolute Gasteiger partial charge is 0.356 e. The summed E-state index contributed by atoms with van der Waals surface area (Å²) < 4.78 is 3.33. The summed E-state index contributed by atoms with van der Waals surface area (Å²) in [6.45, 7) is 3.36. The molecule has 3 aromatic heterocycles. The Hall–Kier alpha value is -3.03. The van der Waals surface area contributed by atoms with E-state index in [1.54, 1.807) is 28.8 Å². The van der Waals surface area contributed by atoms with Crippen molar-refractivity contribution in [3.63, 3.8) is 0 Å². The van der Waals surface area contributed by atoms with Crippen molar-refractivity contribution < 1.29 is 0 Å². The van der Waals surface area contributed by atoms with Gasteiger partial charge in [0.15, 0.2) is 5.82 Å². The van der Waals surface area contributed by atoms with Crippen LogP contribution in [0, 0.1) is 6.92 Å². The van der Waals surface area contributed by atoms with Crippen LogP contribution in [0.3, 0.4) is 0 Å². The Morgan fingerprint density at radius 1 is 1.12 bits per heavy atom. The highest BCUT2D eigenvalue weighted by molar-refractivity contribution is 5.44. The van der Waals surface area contributed by atoms with Gasteiger partial charge in [0.25, 0.3) is 5.56 Å². The molecule has 1 aliphatic heterocycles. The van der Waals surface area contributed by atoms with Gasteiger partial charge in [-0.2, -0.15) is 5.10 Å². The predicted octanol–water partition coefficient (Wildman–Crippen LogP) is 0.670. The third-order valence-electron chi connectivity index (χ3n) is 4.64. The third kappa shape index (κ3) is 2.79. The smallest absolute Gasteiger partial charge is 0.256 e. The first-order valence-corrected chi connectivity index (χ1v) is 8.26. The van der Waals surface area contributed by atoms with Gasteiger partial charge in [-0.05, 0) is 19.4 Å². The van der Waals surface area contributed by atoms with E-state index in [0.29, 0.717) is 6.42 Å². The molecule has 8 nitrogen and oxygen atoms in total. The summed E-state index contributed by atoms with van der Waals surface area (Å²) >= 11 is 0. The summed E-state index contributed by atoms with van der Waals surface area (Å²) in [5.74, 6) is 2.31. The number of nitrogens with zero attached hydrogens (tertiary/aromatic N) is 7. The van der Waals surface area contributed by atoms with Gasteiger partial charge in [-0.25, -0.2) is 19.6 Å². The molecule has 4 heterocycles. The second kappa shape index (κ2) is 6.12. The molecule has 0 amide bonds. The monoisotopic (exact) mass is 337 g/mol. The van der Waals surface area contributed by atoms with Crippen LogP contribution in [-0.2, 0) is 19.9 Å². The van der Waals surface area contributed by atoms with Crippen molar-refractivity contribution in [2.24, 2.45) is 7.05 Å². The van der Waals surface area contributed by atoms with Gasteiger partial charge in [-0.1, -0.05) is 0 Å². The van der Waals surface area contributed by atoms with E-state index < -0.39 is 0 Å². The van der Waals surface area contributed by atoms with Crippen molar-refractivity contribution in [2.75, 3.05) is 18.0 Å². The summed E-state index contributed by atoms with van der Waals surface area (Å²) in [5.41, 5.74) is 1.78. The molecule has 128 valence electrons. The fraction of sp³-hybridized carbons (Fsp3) is 0.353. The Labute approximate surface area is 144 Å². The lowest BCUT2D eigenvalue weighted by molar-refractivity contribution is 0.736. The lowest BCUT2D eigenvalue weighted by atomic mass is 10.1. The van der Waals surface area contributed by atoms with Crippen LogP contribution in [0.25, 0.3) is 5.82 Å². The Morgan fingerprint density at radius 3 is 2.72 bits per heavy atom. The standard InChI is InChI=1S/C17H19N7O/c1-12-21-14-5-9-23(8-4-13(14)17(25)22(12)2)15-10-16(19-11-18-15)24-7-3-6-20-24/h3,6-7,10-11H,4-5,8-9H2,1-2H3. The zero-order valence-electron chi connectivity index (χ0n) is 14.3. The van der Waals surface area contributed by atoms with Gasteiger partial charge in [0.2, 0.25) is 0 Å². The number of aromatic nitrogens is 6. The van der Waals surface area contributed by atoms with Crippen molar-refractivity contribution in [3.8, 4) is 5.82 Å². The van der Waals surface area contributed by atoms with E-state index >= 15 is 0 Å². The molecule has 0 fully saturated rings. The lowest BCUT2D eigenvalue weighted by Crippen LogP contribution is -2.28. The third-order valence-corrected chi connectivity index (χ3v) is 4.64. The van der Waals surface area contributed by atoms with E-state index in [9.17, 15) is 4.79 Å². The van der Waals surface area contributed by atoms with E-state index in [0.717, 1.165) is 48.2 Å². The second-order valence-corrected chi connectivity index (χ2v) is 6.12. The van der Waals surface area contributed by atoms with Gasteiger partial charge in [-0.15, -0.1) is 0 Å². The van der Waals surface area contributed by atoms with Crippen molar-refractivity contribution in [2.45, 2.75) is 19.8 Å². The molecule has 0 saturated carbocycles. The van der Waals surface area contributed by atoms with Gasteiger partial charge >= 0.3 is 0 Å². The zero-order valence-corrected chi connectivity index (χ0v) is 14.3. The van der Waals surface area contributed by atoms with Gasteiger partial charge in [-0.3, -0.25) is 9.36 Å². The molecule has 1 aliphatic rings. The van der Waals surface area contributed by atoms with Gasteiger partial charge in [0.05, 0.1) is 5.69 Å². The topological polar surface area (TPSA) is 81.7 Å². The fourth-order valence-electron chi connectivity index (χ4n) is 3.14. The van der Waals surface area contributed by atoms with Crippen molar-refractivity contribution in [3.05, 3.63) is 58.3 Å². The second-order valence-electron chi connectivity index (χ2n) is 6.12. The Balaban J connectivity index is 1.63. The van der Waals surface area contributed by atoms with E-state index in [1.807, 2.05) is 25.3 Å². The van der Waals surface area contributed by atoms with Crippen LogP contribution >= 0.6 is 0 Å². The molecule has 0 aromatic carbocycles. The van der Waals surface area contributed by atoms with Crippen LogP contribution < -0.4 is 10.5 Å². The molecule has 0 radical (unpaired) electrons. The molecular weight excluding hydrogens is 318 g/mol. The van der Waals surface area contributed by atoms with E-state index in [4.69, 9.17) is 0 Å². The molecule has 0 bridgehead atoms. The average Bonchev–Trinajstić information content (AvgIpc) is 3.08. The highest BCUT2D eigenvalue weighted by Gasteiger charge is 2.20. The molecule has 0 atom stereocenters. The van der Waals surface area contributed by atoms with Crippen molar-refractivity contribution in [1.29, 1.82) is 0 Å². The van der Waals surface area contributed by atoms with Gasteiger partial charge in [0.1, 0.15) is 18.0 Å². The van der Waals surface area contributed by atoms with Crippen molar-refractivity contribution in [1.82, 2.24) is 29.3 Å². The Kier molecular flexibility index (Phi) is 3.79. The number of aryl methyl sites for hydroxylation is 1. The maximum atomic E-state index is 12.5. The number of fused-ring (bicyclic) bond motifs is 1. The van der Waals surface area contributed by atoms with E-state index in [-0.39, 0.29) is 5.56 Å². The molecule has 8 heteroatoms. The molecule has 0 unspecified atom stereocenters. The minimum absolute atomic E-state index is 0.0595. The molecular formula is C17H19N7O. The quantitative estimate of drug-likeness (QED) is 0.684. The maximum Gasteiger partial charge on any atom is 0.256 e. The fourth-order valence-corrected chi connectivity index (χ4v) is 3.14. The summed E-state index contributed by atoms with van der Waals surface area (Å²) in [5, 5.41) is 4.21. The minimum Gasteiger partial charge on any atom is -0.356 e. The summed E-state index contributed by atoms with van der Waals surface area (Å²) in [4.78, 5) is 28.0. The highest BCUT2D eigenvalue weighted by Crippen LogP contribution is 2.18. The van der Waals surface area contributed by atoms with Crippen molar-refractivity contribution >= 4 is 5.82 Å². The highest BCUT2D eigenvalue weighted by atomic mass is 16.1. The first kappa shape index (κ1) is 15.5. The van der Waals surface area contributed by atoms with Crippen LogP contribution in [0.15, 0.2) is 35.6 Å².